The number of thiophene rings is 2. The zero-order chi connectivity index (χ0) is 11.9. The molecule has 2 aromatic rings. The molecule has 5 heteroatoms. The maximum atomic E-state index is 5.78. The fourth-order valence-electron chi connectivity index (χ4n) is 1.38. The van der Waals surface area contributed by atoms with Gasteiger partial charge >= 0.3 is 0 Å². The van der Waals surface area contributed by atoms with Crippen LogP contribution in [0, 0.1) is 0 Å². The smallest absolute Gasteiger partial charge is 0.188 e. The molecule has 0 amide bonds. The minimum absolute atomic E-state index is 0.521. The van der Waals surface area contributed by atoms with E-state index in [4.69, 9.17) is 5.73 Å². The highest BCUT2D eigenvalue weighted by Gasteiger charge is 1.95. The van der Waals surface area contributed by atoms with Gasteiger partial charge in [-0.2, -0.15) is 11.3 Å². The normalized spacial score (nSPS) is 11.6. The van der Waals surface area contributed by atoms with E-state index in [1.54, 1.807) is 22.7 Å². The molecule has 2 rings (SSSR count). The molecule has 0 aromatic carbocycles. The Bertz CT molecular complexity index is 446. The van der Waals surface area contributed by atoms with Crippen molar-refractivity contribution in [2.75, 3.05) is 6.54 Å². The van der Waals surface area contributed by atoms with Crippen LogP contribution in [0.5, 0.6) is 0 Å². The van der Waals surface area contributed by atoms with Crippen LogP contribution >= 0.6 is 22.7 Å². The average Bonchev–Trinajstić information content (AvgIpc) is 2.99. The van der Waals surface area contributed by atoms with Gasteiger partial charge in [-0.25, -0.2) is 4.99 Å². The van der Waals surface area contributed by atoms with Gasteiger partial charge in [0.1, 0.15) is 0 Å². The van der Waals surface area contributed by atoms with Crippen molar-refractivity contribution in [1.29, 1.82) is 0 Å². The first-order valence-corrected chi connectivity index (χ1v) is 7.24. The number of hydrogen-bond acceptors (Lipinski definition) is 3. The second-order valence-electron chi connectivity index (χ2n) is 3.59. The maximum Gasteiger partial charge on any atom is 0.188 e. The zero-order valence-electron chi connectivity index (χ0n) is 9.43. The van der Waals surface area contributed by atoms with Gasteiger partial charge in [-0.1, -0.05) is 6.07 Å². The van der Waals surface area contributed by atoms with E-state index < -0.39 is 0 Å². The highest BCUT2D eigenvalue weighted by Crippen LogP contribution is 2.08. The molecule has 0 aliphatic carbocycles. The van der Waals surface area contributed by atoms with E-state index >= 15 is 0 Å². The molecule has 0 saturated heterocycles. The van der Waals surface area contributed by atoms with E-state index in [1.807, 2.05) is 5.38 Å². The van der Waals surface area contributed by atoms with E-state index in [0.717, 1.165) is 13.0 Å². The van der Waals surface area contributed by atoms with Crippen LogP contribution in [-0.4, -0.2) is 12.5 Å². The number of hydrogen-bond donors (Lipinski definition) is 2. The van der Waals surface area contributed by atoms with E-state index in [1.165, 1.54) is 10.4 Å². The first-order chi connectivity index (χ1) is 8.34. The Morgan fingerprint density at radius 2 is 2.29 bits per heavy atom. The molecule has 3 nitrogen and oxygen atoms in total. The standard InChI is InChI=1S/C12H15N3S2/c13-12(15-8-10-4-7-16-9-10)14-5-3-11-2-1-6-17-11/h1-2,4,6-7,9H,3,5,8H2,(H3,13,14,15). The summed E-state index contributed by atoms with van der Waals surface area (Å²) in [5.74, 6) is 0.521. The third-order valence-electron chi connectivity index (χ3n) is 2.27. The van der Waals surface area contributed by atoms with Crippen molar-refractivity contribution in [2.24, 2.45) is 10.7 Å². The van der Waals surface area contributed by atoms with Gasteiger partial charge in [-0.15, -0.1) is 11.3 Å². The van der Waals surface area contributed by atoms with Gasteiger partial charge in [-0.05, 0) is 40.3 Å². The number of rotatable bonds is 5. The lowest BCUT2D eigenvalue weighted by molar-refractivity contribution is 0.857. The molecule has 0 bridgehead atoms. The Balaban J connectivity index is 1.70. The molecule has 0 fully saturated rings. The zero-order valence-corrected chi connectivity index (χ0v) is 11.1. The number of nitrogens with one attached hydrogen (secondary N) is 1. The van der Waals surface area contributed by atoms with Crippen molar-refractivity contribution >= 4 is 28.6 Å². The predicted molar refractivity (Wildman–Crippen MR) is 75.7 cm³/mol. The molecule has 3 N–H and O–H groups in total. The van der Waals surface area contributed by atoms with Gasteiger partial charge in [0.25, 0.3) is 0 Å². The lowest BCUT2D eigenvalue weighted by atomic mass is 10.3. The summed E-state index contributed by atoms with van der Waals surface area (Å²) in [5, 5.41) is 9.34. The fourth-order valence-corrected chi connectivity index (χ4v) is 2.75. The maximum absolute atomic E-state index is 5.78. The summed E-state index contributed by atoms with van der Waals surface area (Å²) in [6.45, 7) is 1.49. The Morgan fingerprint density at radius 3 is 3.00 bits per heavy atom. The Kier molecular flexibility index (Phi) is 4.58. The Morgan fingerprint density at radius 1 is 1.35 bits per heavy atom. The minimum Gasteiger partial charge on any atom is -0.370 e. The predicted octanol–water partition coefficient (Wildman–Crippen LogP) is 2.46. The molecular formula is C12H15N3S2. The van der Waals surface area contributed by atoms with Gasteiger partial charge in [0.05, 0.1) is 6.54 Å². The lowest BCUT2D eigenvalue weighted by Crippen LogP contribution is -2.33. The average molecular weight is 265 g/mol. The number of nitrogens with zero attached hydrogens (tertiary/aromatic N) is 1. The van der Waals surface area contributed by atoms with Crippen LogP contribution < -0.4 is 11.1 Å². The summed E-state index contributed by atoms with van der Waals surface area (Å²) in [6, 6.07) is 6.26. The molecule has 0 aliphatic heterocycles. The molecule has 90 valence electrons. The highest BCUT2D eigenvalue weighted by atomic mass is 32.1. The fraction of sp³-hybridized carbons (Fsp3) is 0.250. The Hall–Kier alpha value is -1.33. The van der Waals surface area contributed by atoms with Crippen molar-refractivity contribution in [1.82, 2.24) is 5.32 Å². The largest absolute Gasteiger partial charge is 0.370 e. The first-order valence-electron chi connectivity index (χ1n) is 5.42. The molecule has 17 heavy (non-hydrogen) atoms. The number of nitrogens with two attached hydrogens (primary N) is 1. The topological polar surface area (TPSA) is 50.4 Å². The van der Waals surface area contributed by atoms with Gasteiger partial charge in [0.2, 0.25) is 0 Å². The molecule has 0 radical (unpaired) electrons. The molecule has 0 spiro atoms. The monoisotopic (exact) mass is 265 g/mol. The third kappa shape index (κ3) is 4.20. The molecule has 0 atom stereocenters. The van der Waals surface area contributed by atoms with Crippen LogP contribution in [0.15, 0.2) is 39.3 Å². The van der Waals surface area contributed by atoms with E-state index in [0.29, 0.717) is 12.5 Å². The summed E-state index contributed by atoms with van der Waals surface area (Å²) in [7, 11) is 0. The van der Waals surface area contributed by atoms with Crippen molar-refractivity contribution in [2.45, 2.75) is 13.0 Å². The number of aliphatic imine (C=N–C) groups is 1. The summed E-state index contributed by atoms with van der Waals surface area (Å²) in [4.78, 5) is 5.64. The highest BCUT2D eigenvalue weighted by molar-refractivity contribution is 7.09. The van der Waals surface area contributed by atoms with Crippen molar-refractivity contribution < 1.29 is 0 Å². The summed E-state index contributed by atoms with van der Waals surface area (Å²) < 4.78 is 0. The number of guanidine groups is 1. The van der Waals surface area contributed by atoms with Crippen LogP contribution in [0.25, 0.3) is 0 Å². The quantitative estimate of drug-likeness (QED) is 0.644. The van der Waals surface area contributed by atoms with Crippen LogP contribution in [0.2, 0.25) is 0 Å². The molecule has 2 heterocycles. The first kappa shape index (κ1) is 12.1. The van der Waals surface area contributed by atoms with Crippen molar-refractivity contribution in [3.05, 3.63) is 44.8 Å². The second kappa shape index (κ2) is 6.42. The van der Waals surface area contributed by atoms with Crippen molar-refractivity contribution in [3.63, 3.8) is 0 Å². The summed E-state index contributed by atoms with van der Waals surface area (Å²) in [5.41, 5.74) is 6.98. The summed E-state index contributed by atoms with van der Waals surface area (Å²) in [6.07, 6.45) is 0.992. The second-order valence-corrected chi connectivity index (χ2v) is 5.40. The molecule has 2 aromatic heterocycles. The van der Waals surface area contributed by atoms with Crippen LogP contribution in [0.1, 0.15) is 10.4 Å². The lowest BCUT2D eigenvalue weighted by Gasteiger charge is -2.03. The Labute approximate surface area is 109 Å². The molecule has 0 aliphatic rings. The third-order valence-corrected chi connectivity index (χ3v) is 3.94. The van der Waals surface area contributed by atoms with Crippen LogP contribution in [-0.2, 0) is 13.0 Å². The minimum atomic E-state index is 0.521. The van der Waals surface area contributed by atoms with E-state index in [9.17, 15) is 0 Å². The summed E-state index contributed by atoms with van der Waals surface area (Å²) >= 11 is 3.44. The van der Waals surface area contributed by atoms with Crippen LogP contribution in [0.4, 0.5) is 0 Å². The molecule has 0 unspecified atom stereocenters. The van der Waals surface area contributed by atoms with Crippen molar-refractivity contribution in [3.8, 4) is 0 Å². The van der Waals surface area contributed by atoms with E-state index in [2.05, 4.69) is 39.3 Å². The SMILES string of the molecule is NC(=NCc1ccsc1)NCCc1cccs1. The van der Waals surface area contributed by atoms with Gasteiger partial charge in [0, 0.05) is 11.4 Å². The van der Waals surface area contributed by atoms with Gasteiger partial charge in [-0.3, -0.25) is 0 Å². The van der Waals surface area contributed by atoms with Crippen LogP contribution in [0.3, 0.4) is 0 Å². The van der Waals surface area contributed by atoms with Gasteiger partial charge in [0.15, 0.2) is 5.96 Å². The van der Waals surface area contributed by atoms with Gasteiger partial charge < -0.3 is 11.1 Å². The van der Waals surface area contributed by atoms with E-state index in [-0.39, 0.29) is 0 Å². The molecule has 0 saturated carbocycles. The molecular weight excluding hydrogens is 250 g/mol.